The minimum Gasteiger partial charge on any atom is -0.497 e. The number of hydrogen-bond donors (Lipinski definition) is 1. The molecule has 0 bridgehead atoms. The van der Waals surface area contributed by atoms with Gasteiger partial charge in [-0.15, -0.1) is 0 Å². The smallest absolute Gasteiger partial charge is 0.261 e. The summed E-state index contributed by atoms with van der Waals surface area (Å²) >= 11 is 5.86. The summed E-state index contributed by atoms with van der Waals surface area (Å²) in [5.41, 5.74) is 0.892. The first-order valence-electron chi connectivity index (χ1n) is 9.00. The van der Waals surface area contributed by atoms with Crippen LogP contribution in [0.2, 0.25) is 5.02 Å². The average Bonchev–Trinajstić information content (AvgIpc) is 2.73. The number of carbonyl (C=O) groups excluding carboxylic acids is 2. The minimum absolute atomic E-state index is 0.175. The predicted molar refractivity (Wildman–Crippen MR) is 109 cm³/mol. The summed E-state index contributed by atoms with van der Waals surface area (Å²) in [6.07, 6.45) is 0.489. The lowest BCUT2D eigenvalue weighted by atomic mass is 10.1. The lowest BCUT2D eigenvalue weighted by molar-refractivity contribution is -0.142. The lowest BCUT2D eigenvalue weighted by Gasteiger charge is -2.30. The fraction of sp³-hybridized carbons (Fsp3) is 0.333. The Labute approximate surface area is 170 Å². The molecular weight excluding hydrogens is 380 g/mol. The molecule has 0 aliphatic heterocycles. The van der Waals surface area contributed by atoms with Crippen molar-refractivity contribution in [3.63, 3.8) is 0 Å². The molecule has 0 saturated carbocycles. The van der Waals surface area contributed by atoms with Crippen molar-refractivity contribution < 1.29 is 19.1 Å². The van der Waals surface area contributed by atoms with E-state index in [1.807, 2.05) is 31.2 Å². The number of methoxy groups -OCH3 is 1. The van der Waals surface area contributed by atoms with Gasteiger partial charge in [0.2, 0.25) is 5.91 Å². The highest BCUT2D eigenvalue weighted by molar-refractivity contribution is 6.30. The van der Waals surface area contributed by atoms with Crippen LogP contribution < -0.4 is 14.8 Å². The fourth-order valence-corrected chi connectivity index (χ4v) is 2.90. The van der Waals surface area contributed by atoms with Crippen molar-refractivity contribution in [1.82, 2.24) is 10.2 Å². The van der Waals surface area contributed by atoms with Gasteiger partial charge in [-0.1, -0.05) is 30.7 Å². The van der Waals surface area contributed by atoms with E-state index in [9.17, 15) is 9.59 Å². The molecule has 0 fully saturated rings. The number of rotatable bonds is 9. The topological polar surface area (TPSA) is 67.9 Å². The minimum atomic E-state index is -0.589. The van der Waals surface area contributed by atoms with Gasteiger partial charge in [-0.25, -0.2) is 0 Å². The van der Waals surface area contributed by atoms with Gasteiger partial charge in [-0.2, -0.15) is 0 Å². The van der Waals surface area contributed by atoms with Gasteiger partial charge in [0.05, 0.1) is 7.11 Å². The van der Waals surface area contributed by atoms with Gasteiger partial charge in [0.15, 0.2) is 6.61 Å². The Hall–Kier alpha value is -2.73. The largest absolute Gasteiger partial charge is 0.497 e. The van der Waals surface area contributed by atoms with Gasteiger partial charge in [0.1, 0.15) is 17.5 Å². The maximum Gasteiger partial charge on any atom is 0.261 e. The molecule has 0 aliphatic rings. The third kappa shape index (κ3) is 5.89. The zero-order valence-electron chi connectivity index (χ0n) is 16.3. The number of halogens is 1. The Balaban J connectivity index is 2.16. The van der Waals surface area contributed by atoms with E-state index in [1.54, 1.807) is 38.4 Å². The van der Waals surface area contributed by atoms with Crippen molar-refractivity contribution in [1.29, 1.82) is 0 Å². The van der Waals surface area contributed by atoms with E-state index in [4.69, 9.17) is 21.1 Å². The molecule has 1 N–H and O–H groups in total. The molecule has 0 aromatic heterocycles. The molecule has 0 saturated heterocycles. The van der Waals surface area contributed by atoms with E-state index in [0.29, 0.717) is 23.7 Å². The second-order valence-electron chi connectivity index (χ2n) is 6.15. The van der Waals surface area contributed by atoms with E-state index in [0.717, 1.165) is 11.3 Å². The first kappa shape index (κ1) is 21.6. The Kier molecular flexibility index (Phi) is 8.14. The van der Waals surface area contributed by atoms with Crippen LogP contribution in [-0.4, -0.2) is 43.5 Å². The van der Waals surface area contributed by atoms with Crippen LogP contribution in [0.1, 0.15) is 18.9 Å². The van der Waals surface area contributed by atoms with Gasteiger partial charge >= 0.3 is 0 Å². The summed E-state index contributed by atoms with van der Waals surface area (Å²) in [4.78, 5) is 26.8. The Morgan fingerprint density at radius 1 is 1.07 bits per heavy atom. The summed E-state index contributed by atoms with van der Waals surface area (Å²) in [5, 5.41) is 3.22. The summed E-state index contributed by atoms with van der Waals surface area (Å²) in [5.74, 6) is 0.776. The van der Waals surface area contributed by atoms with Crippen molar-refractivity contribution in [2.24, 2.45) is 0 Å². The van der Waals surface area contributed by atoms with Crippen LogP contribution in [0.15, 0.2) is 48.5 Å². The first-order chi connectivity index (χ1) is 13.5. The number of amides is 2. The van der Waals surface area contributed by atoms with Crippen LogP contribution in [0, 0.1) is 0 Å². The van der Waals surface area contributed by atoms with Gasteiger partial charge in [0, 0.05) is 18.6 Å². The summed E-state index contributed by atoms with van der Waals surface area (Å²) < 4.78 is 10.8. The van der Waals surface area contributed by atoms with Gasteiger partial charge in [0.25, 0.3) is 5.91 Å². The van der Waals surface area contributed by atoms with E-state index in [2.05, 4.69) is 5.32 Å². The second-order valence-corrected chi connectivity index (χ2v) is 6.59. The maximum absolute atomic E-state index is 12.9. The number of hydrogen-bond acceptors (Lipinski definition) is 4. The molecule has 1 atom stereocenters. The van der Waals surface area contributed by atoms with Crippen LogP contribution in [0.4, 0.5) is 0 Å². The summed E-state index contributed by atoms with van der Waals surface area (Å²) in [6, 6.07) is 13.6. The molecule has 0 radical (unpaired) electrons. The molecule has 2 rings (SSSR count). The van der Waals surface area contributed by atoms with Crippen molar-refractivity contribution in [2.75, 3.05) is 20.8 Å². The highest BCUT2D eigenvalue weighted by Crippen LogP contribution is 2.18. The quantitative estimate of drug-likeness (QED) is 0.696. The Morgan fingerprint density at radius 2 is 1.68 bits per heavy atom. The van der Waals surface area contributed by atoms with Crippen LogP contribution in [0.5, 0.6) is 11.5 Å². The van der Waals surface area contributed by atoms with Crippen molar-refractivity contribution in [2.45, 2.75) is 25.9 Å². The zero-order chi connectivity index (χ0) is 20.5. The average molecular weight is 405 g/mol. The third-order valence-electron chi connectivity index (χ3n) is 4.32. The summed E-state index contributed by atoms with van der Waals surface area (Å²) in [6.45, 7) is 1.98. The predicted octanol–water partition coefficient (Wildman–Crippen LogP) is 3.28. The molecule has 28 heavy (non-hydrogen) atoms. The molecule has 2 amide bonds. The molecule has 0 heterocycles. The fourth-order valence-electron chi connectivity index (χ4n) is 2.77. The third-order valence-corrected chi connectivity index (χ3v) is 4.57. The normalized spacial score (nSPS) is 11.4. The van der Waals surface area contributed by atoms with Crippen molar-refractivity contribution >= 4 is 23.4 Å². The second kappa shape index (κ2) is 10.6. The molecule has 2 aromatic carbocycles. The molecule has 6 nitrogen and oxygen atoms in total. The molecule has 0 unspecified atom stereocenters. The molecule has 150 valence electrons. The standard InChI is InChI=1S/C21H25ClN2O4/c1-4-19(21(26)23-2)24(13-15-5-9-17(27-3)10-6-15)20(25)14-28-18-11-7-16(22)8-12-18/h5-12,19H,4,13-14H2,1-3H3,(H,23,26)/t19-/m0/s1. The van der Waals surface area contributed by atoms with E-state index in [1.165, 1.54) is 4.90 Å². The monoisotopic (exact) mass is 404 g/mol. The highest BCUT2D eigenvalue weighted by Gasteiger charge is 2.28. The van der Waals surface area contributed by atoms with Crippen LogP contribution in [-0.2, 0) is 16.1 Å². The van der Waals surface area contributed by atoms with E-state index >= 15 is 0 Å². The Morgan fingerprint density at radius 3 is 2.21 bits per heavy atom. The van der Waals surface area contributed by atoms with Crippen LogP contribution in [0.25, 0.3) is 0 Å². The maximum atomic E-state index is 12.9. The number of ether oxygens (including phenoxy) is 2. The Bertz CT molecular complexity index is 778. The number of carbonyl (C=O) groups is 2. The summed E-state index contributed by atoms with van der Waals surface area (Å²) in [7, 11) is 3.16. The SMILES string of the molecule is CC[C@@H](C(=O)NC)N(Cc1ccc(OC)cc1)C(=O)COc1ccc(Cl)cc1. The number of benzene rings is 2. The molecule has 7 heteroatoms. The molecule has 0 spiro atoms. The van der Waals surface area contributed by atoms with E-state index in [-0.39, 0.29) is 18.4 Å². The van der Waals surface area contributed by atoms with Crippen molar-refractivity contribution in [3.8, 4) is 11.5 Å². The molecular formula is C21H25ClN2O4. The first-order valence-corrected chi connectivity index (χ1v) is 9.38. The number of nitrogens with one attached hydrogen (secondary N) is 1. The zero-order valence-corrected chi connectivity index (χ0v) is 17.0. The van der Waals surface area contributed by atoms with E-state index < -0.39 is 6.04 Å². The molecule has 2 aromatic rings. The lowest BCUT2D eigenvalue weighted by Crippen LogP contribution is -2.49. The van der Waals surface area contributed by atoms with Gasteiger partial charge in [-0.05, 0) is 48.4 Å². The van der Waals surface area contributed by atoms with Gasteiger partial charge < -0.3 is 19.7 Å². The number of nitrogens with zero attached hydrogens (tertiary/aromatic N) is 1. The number of likely N-dealkylation sites (N-methyl/N-ethyl adjacent to an activating group) is 1. The van der Waals surface area contributed by atoms with Crippen LogP contribution in [0.3, 0.4) is 0 Å². The highest BCUT2D eigenvalue weighted by atomic mass is 35.5. The van der Waals surface area contributed by atoms with Crippen LogP contribution >= 0.6 is 11.6 Å². The molecule has 0 aliphatic carbocycles. The van der Waals surface area contributed by atoms with Gasteiger partial charge in [-0.3, -0.25) is 9.59 Å². The van der Waals surface area contributed by atoms with Crippen molar-refractivity contribution in [3.05, 3.63) is 59.1 Å².